The summed E-state index contributed by atoms with van der Waals surface area (Å²) in [6.45, 7) is 3.91. The van der Waals surface area contributed by atoms with Crippen molar-refractivity contribution in [3.05, 3.63) is 70.1 Å². The van der Waals surface area contributed by atoms with Crippen LogP contribution < -0.4 is 15.6 Å². The van der Waals surface area contributed by atoms with Crippen molar-refractivity contribution in [3.63, 3.8) is 0 Å². The van der Waals surface area contributed by atoms with Crippen molar-refractivity contribution in [2.24, 2.45) is 0 Å². The Morgan fingerprint density at radius 3 is 2.50 bits per heavy atom. The molecule has 0 saturated heterocycles. The van der Waals surface area contributed by atoms with Gasteiger partial charge in [-0.05, 0) is 32.0 Å². The lowest BCUT2D eigenvalue weighted by atomic mass is 10.1. The van der Waals surface area contributed by atoms with Gasteiger partial charge >= 0.3 is 0 Å². The van der Waals surface area contributed by atoms with Crippen molar-refractivity contribution in [2.75, 3.05) is 12.4 Å². The van der Waals surface area contributed by atoms with Crippen LogP contribution in [-0.4, -0.2) is 27.0 Å². The highest BCUT2D eigenvalue weighted by atomic mass is 16.5. The number of anilines is 2. The van der Waals surface area contributed by atoms with Gasteiger partial charge in [-0.1, -0.05) is 29.8 Å². The molecule has 7 nitrogen and oxygen atoms in total. The number of rotatable bonds is 4. The number of aryl methyl sites for hydroxylation is 2. The zero-order valence-electron chi connectivity index (χ0n) is 15.8. The Balaban J connectivity index is 1.71. The number of nitrogens with zero attached hydrogens (tertiary/aromatic N) is 3. The smallest absolute Gasteiger partial charge is 0.252 e. The van der Waals surface area contributed by atoms with Gasteiger partial charge in [-0.25, -0.2) is 15.0 Å². The summed E-state index contributed by atoms with van der Waals surface area (Å²) in [5.41, 5.74) is 3.89. The summed E-state index contributed by atoms with van der Waals surface area (Å²) in [5.74, 6) is 1.39. The van der Waals surface area contributed by atoms with Crippen LogP contribution in [0.4, 0.5) is 11.9 Å². The maximum atomic E-state index is 12.1. The van der Waals surface area contributed by atoms with Crippen LogP contribution in [-0.2, 0) is 0 Å². The highest BCUT2D eigenvalue weighted by molar-refractivity contribution is 5.83. The molecule has 7 heteroatoms. The minimum absolute atomic E-state index is 0.254. The normalized spacial score (nSPS) is 10.8. The van der Waals surface area contributed by atoms with Crippen LogP contribution in [0.15, 0.2) is 53.3 Å². The van der Waals surface area contributed by atoms with E-state index in [9.17, 15) is 4.79 Å². The van der Waals surface area contributed by atoms with Crippen LogP contribution in [0, 0.1) is 13.8 Å². The monoisotopic (exact) mass is 373 g/mol. The predicted octanol–water partition coefficient (Wildman–Crippen LogP) is 3.75. The van der Waals surface area contributed by atoms with Gasteiger partial charge in [0, 0.05) is 17.0 Å². The first-order valence-electron chi connectivity index (χ1n) is 8.79. The van der Waals surface area contributed by atoms with Crippen LogP contribution in [0.25, 0.3) is 22.2 Å². The molecular formula is C21H19N5O2. The summed E-state index contributed by atoms with van der Waals surface area (Å²) >= 11 is 0. The van der Waals surface area contributed by atoms with E-state index in [2.05, 4.69) is 25.3 Å². The summed E-state index contributed by atoms with van der Waals surface area (Å²) in [5, 5.41) is 3.91. The largest absolute Gasteiger partial charge is 0.497 e. The molecule has 0 bridgehead atoms. The third-order valence-corrected chi connectivity index (χ3v) is 4.41. The Kier molecular flexibility index (Phi) is 4.49. The molecule has 0 aliphatic carbocycles. The first-order chi connectivity index (χ1) is 13.5. The first-order valence-corrected chi connectivity index (χ1v) is 8.79. The van der Waals surface area contributed by atoms with Gasteiger partial charge in [-0.2, -0.15) is 0 Å². The predicted molar refractivity (Wildman–Crippen MR) is 109 cm³/mol. The van der Waals surface area contributed by atoms with Gasteiger partial charge < -0.3 is 4.74 Å². The highest BCUT2D eigenvalue weighted by Crippen LogP contribution is 2.23. The molecule has 0 atom stereocenters. The Labute approximate surface area is 161 Å². The molecule has 0 amide bonds. The van der Waals surface area contributed by atoms with Crippen molar-refractivity contribution < 1.29 is 4.74 Å². The fourth-order valence-corrected chi connectivity index (χ4v) is 2.94. The van der Waals surface area contributed by atoms with Crippen LogP contribution in [0.3, 0.4) is 0 Å². The molecule has 4 rings (SSSR count). The van der Waals surface area contributed by atoms with Gasteiger partial charge in [0.25, 0.3) is 5.56 Å². The number of nitrogens with one attached hydrogen (secondary N) is 2. The summed E-state index contributed by atoms with van der Waals surface area (Å²) in [6.07, 6.45) is 0. The summed E-state index contributed by atoms with van der Waals surface area (Å²) < 4.78 is 5.26. The molecule has 0 radical (unpaired) electrons. The van der Waals surface area contributed by atoms with E-state index in [-0.39, 0.29) is 11.5 Å². The van der Waals surface area contributed by atoms with Crippen molar-refractivity contribution in [2.45, 2.75) is 13.8 Å². The third kappa shape index (κ3) is 3.55. The van der Waals surface area contributed by atoms with Gasteiger partial charge in [0.05, 0.1) is 24.0 Å². The van der Waals surface area contributed by atoms with Crippen LogP contribution in [0.2, 0.25) is 0 Å². The molecule has 2 N–H and O–H groups in total. The second kappa shape index (κ2) is 7.11. The SMILES string of the molecule is COc1ccc2nc(Nc3nc(-c4ccc(C)cc4)cc(=O)[nH]3)nc(C)c2c1. The quantitative estimate of drug-likeness (QED) is 0.566. The first kappa shape index (κ1) is 17.7. The van der Waals surface area contributed by atoms with E-state index in [1.54, 1.807) is 7.11 Å². The number of methoxy groups -OCH3 is 1. The third-order valence-electron chi connectivity index (χ3n) is 4.41. The molecule has 0 unspecified atom stereocenters. The maximum absolute atomic E-state index is 12.1. The Hall–Kier alpha value is -3.74. The topological polar surface area (TPSA) is 92.8 Å². The average molecular weight is 373 g/mol. The second-order valence-corrected chi connectivity index (χ2v) is 6.49. The van der Waals surface area contributed by atoms with Crippen molar-refractivity contribution in [1.29, 1.82) is 0 Å². The zero-order chi connectivity index (χ0) is 19.7. The van der Waals surface area contributed by atoms with Crippen LogP contribution in [0.5, 0.6) is 5.75 Å². The molecule has 2 aromatic carbocycles. The van der Waals surface area contributed by atoms with Crippen molar-refractivity contribution >= 4 is 22.8 Å². The minimum Gasteiger partial charge on any atom is -0.497 e. The Morgan fingerprint density at radius 1 is 0.964 bits per heavy atom. The second-order valence-electron chi connectivity index (χ2n) is 6.49. The number of hydrogen-bond donors (Lipinski definition) is 2. The van der Waals surface area contributed by atoms with Crippen LogP contribution in [0.1, 0.15) is 11.3 Å². The number of benzene rings is 2. The van der Waals surface area contributed by atoms with E-state index in [0.717, 1.165) is 33.5 Å². The van der Waals surface area contributed by atoms with Gasteiger partial charge in [0.1, 0.15) is 5.75 Å². The Morgan fingerprint density at radius 2 is 1.75 bits per heavy atom. The van der Waals surface area contributed by atoms with E-state index in [4.69, 9.17) is 4.74 Å². The lowest BCUT2D eigenvalue weighted by molar-refractivity contribution is 0.415. The van der Waals surface area contributed by atoms with Crippen LogP contribution >= 0.6 is 0 Å². The fraction of sp³-hybridized carbons (Fsp3) is 0.143. The minimum atomic E-state index is -0.254. The molecule has 140 valence electrons. The number of aromatic amines is 1. The average Bonchev–Trinajstić information content (AvgIpc) is 2.68. The molecule has 0 fully saturated rings. The molecule has 0 aliphatic rings. The molecule has 0 aliphatic heterocycles. The van der Waals surface area contributed by atoms with Gasteiger partial charge in [0.15, 0.2) is 0 Å². The molecule has 2 aromatic heterocycles. The van der Waals surface area contributed by atoms with Crippen molar-refractivity contribution in [3.8, 4) is 17.0 Å². The van der Waals surface area contributed by atoms with E-state index < -0.39 is 0 Å². The van der Waals surface area contributed by atoms with E-state index >= 15 is 0 Å². The molecule has 0 saturated carbocycles. The number of fused-ring (bicyclic) bond motifs is 1. The fourth-order valence-electron chi connectivity index (χ4n) is 2.94. The molecule has 28 heavy (non-hydrogen) atoms. The number of hydrogen-bond acceptors (Lipinski definition) is 6. The number of aromatic nitrogens is 4. The lowest BCUT2D eigenvalue weighted by Gasteiger charge is -2.09. The van der Waals surface area contributed by atoms with Gasteiger partial charge in [-0.15, -0.1) is 0 Å². The Bertz CT molecular complexity index is 1220. The standard InChI is InChI=1S/C21H19N5O2/c1-12-4-6-14(7-5-12)18-11-19(27)25-21(24-18)26-20-22-13(2)16-10-15(28-3)8-9-17(16)23-20/h4-11H,1-3H3,(H2,22,23,24,25,26,27). The zero-order valence-corrected chi connectivity index (χ0v) is 15.8. The molecule has 2 heterocycles. The molecular weight excluding hydrogens is 354 g/mol. The number of H-pyrrole nitrogens is 1. The van der Waals surface area contributed by atoms with Crippen molar-refractivity contribution in [1.82, 2.24) is 19.9 Å². The maximum Gasteiger partial charge on any atom is 0.252 e. The van der Waals surface area contributed by atoms with Gasteiger partial charge in [0.2, 0.25) is 11.9 Å². The summed E-state index contributed by atoms with van der Waals surface area (Å²) in [7, 11) is 1.62. The van der Waals surface area contributed by atoms with E-state index in [1.165, 1.54) is 6.07 Å². The highest BCUT2D eigenvalue weighted by Gasteiger charge is 2.09. The molecule has 0 spiro atoms. The van der Waals surface area contributed by atoms with E-state index in [0.29, 0.717) is 11.6 Å². The summed E-state index contributed by atoms with van der Waals surface area (Å²) in [6, 6.07) is 14.9. The summed E-state index contributed by atoms with van der Waals surface area (Å²) in [4.78, 5) is 28.3. The van der Waals surface area contributed by atoms with E-state index in [1.807, 2.05) is 56.3 Å². The van der Waals surface area contributed by atoms with Gasteiger partial charge in [-0.3, -0.25) is 15.1 Å². The molecule has 4 aromatic rings. The number of ether oxygens (including phenoxy) is 1. The lowest BCUT2D eigenvalue weighted by Crippen LogP contribution is -2.12.